The third-order valence-corrected chi connectivity index (χ3v) is 5.18. The fourth-order valence-electron chi connectivity index (χ4n) is 3.23. The predicted octanol–water partition coefficient (Wildman–Crippen LogP) is 3.97. The molecule has 0 radical (unpaired) electrons. The van der Waals surface area contributed by atoms with Gasteiger partial charge < -0.3 is 15.0 Å². The molecule has 0 aliphatic carbocycles. The number of nitrogens with one attached hydrogen (secondary N) is 1. The van der Waals surface area contributed by atoms with E-state index in [1.165, 1.54) is 5.56 Å². The Hall–Kier alpha value is -2.53. The van der Waals surface area contributed by atoms with Crippen molar-refractivity contribution in [3.63, 3.8) is 0 Å². The van der Waals surface area contributed by atoms with Crippen molar-refractivity contribution in [3.8, 4) is 5.75 Å². The van der Waals surface area contributed by atoms with Gasteiger partial charge in [0, 0.05) is 44.4 Å². The molecule has 2 aromatic rings. The first-order valence-electron chi connectivity index (χ1n) is 9.48. The molecule has 0 bridgehead atoms. The lowest BCUT2D eigenvalue weighted by atomic mass is 10.1. The van der Waals surface area contributed by atoms with E-state index in [4.69, 9.17) is 16.3 Å². The molecule has 1 fully saturated rings. The molecule has 1 N–H and O–H groups in total. The molecular weight excluding hydrogens is 376 g/mol. The molecule has 2 aromatic carbocycles. The van der Waals surface area contributed by atoms with E-state index >= 15 is 0 Å². The third-order valence-electron chi connectivity index (χ3n) is 4.94. The van der Waals surface area contributed by atoms with Gasteiger partial charge in [-0.1, -0.05) is 41.4 Å². The van der Waals surface area contributed by atoms with Gasteiger partial charge in [0.2, 0.25) is 5.91 Å². The fraction of sp³-hybridized carbons (Fsp3) is 0.364. The monoisotopic (exact) mass is 400 g/mol. The molecule has 1 aliphatic rings. The zero-order chi connectivity index (χ0) is 20.1. The normalized spacial score (nSPS) is 14.6. The maximum atomic E-state index is 12.7. The number of aryl methyl sites for hydroxylation is 1. The van der Waals surface area contributed by atoms with Crippen molar-refractivity contribution in [2.75, 3.05) is 13.1 Å². The minimum absolute atomic E-state index is 0.0274. The Morgan fingerprint density at radius 2 is 1.82 bits per heavy atom. The summed E-state index contributed by atoms with van der Waals surface area (Å²) in [5.41, 5.74) is 2.63. The largest absolute Gasteiger partial charge is 0.489 e. The van der Waals surface area contributed by atoms with Crippen LogP contribution < -0.4 is 10.1 Å². The summed E-state index contributed by atoms with van der Waals surface area (Å²) in [7, 11) is 0. The summed E-state index contributed by atoms with van der Waals surface area (Å²) in [5, 5.41) is 3.42. The van der Waals surface area contributed by atoms with E-state index in [2.05, 4.69) is 5.32 Å². The lowest BCUT2D eigenvalue weighted by molar-refractivity contribution is -0.130. The average molecular weight is 401 g/mol. The van der Waals surface area contributed by atoms with Crippen LogP contribution in [0.4, 0.5) is 0 Å². The van der Waals surface area contributed by atoms with Gasteiger partial charge in [-0.15, -0.1) is 0 Å². The van der Waals surface area contributed by atoms with Crippen molar-refractivity contribution in [1.29, 1.82) is 0 Å². The van der Waals surface area contributed by atoms with E-state index in [0.717, 1.165) is 18.4 Å². The van der Waals surface area contributed by atoms with Crippen molar-refractivity contribution >= 4 is 23.4 Å². The van der Waals surface area contributed by atoms with Gasteiger partial charge in [0.15, 0.2) is 0 Å². The molecule has 28 heavy (non-hydrogen) atoms. The first-order valence-corrected chi connectivity index (χ1v) is 9.85. The topological polar surface area (TPSA) is 58.6 Å². The van der Waals surface area contributed by atoms with Crippen LogP contribution in [0.25, 0.3) is 0 Å². The molecule has 148 valence electrons. The number of hydrogen-bond acceptors (Lipinski definition) is 3. The molecule has 1 heterocycles. The molecule has 0 spiro atoms. The van der Waals surface area contributed by atoms with Gasteiger partial charge in [-0.25, -0.2) is 0 Å². The van der Waals surface area contributed by atoms with Crippen molar-refractivity contribution in [1.82, 2.24) is 10.2 Å². The van der Waals surface area contributed by atoms with Crippen LogP contribution in [0.2, 0.25) is 5.02 Å². The van der Waals surface area contributed by atoms with Crippen LogP contribution in [0, 0.1) is 6.92 Å². The molecule has 1 aliphatic heterocycles. The second kappa shape index (κ2) is 9.11. The minimum Gasteiger partial charge on any atom is -0.489 e. The first kappa shape index (κ1) is 20.2. The lowest BCUT2D eigenvalue weighted by Crippen LogP contribution is -2.40. The average Bonchev–Trinajstić information content (AvgIpc) is 2.69. The highest BCUT2D eigenvalue weighted by molar-refractivity contribution is 6.31. The Morgan fingerprint density at radius 3 is 2.46 bits per heavy atom. The zero-order valence-electron chi connectivity index (χ0n) is 16.2. The predicted molar refractivity (Wildman–Crippen MR) is 110 cm³/mol. The highest BCUT2D eigenvalue weighted by Gasteiger charge is 2.23. The molecule has 0 unspecified atom stereocenters. The number of likely N-dealkylation sites (tertiary alicyclic amines) is 1. The second-order valence-electron chi connectivity index (χ2n) is 7.13. The van der Waals surface area contributed by atoms with Gasteiger partial charge in [-0.05, 0) is 30.7 Å². The number of rotatable bonds is 5. The van der Waals surface area contributed by atoms with Crippen LogP contribution >= 0.6 is 11.6 Å². The van der Waals surface area contributed by atoms with Gasteiger partial charge in [0.05, 0.1) is 5.56 Å². The van der Waals surface area contributed by atoms with Gasteiger partial charge in [-0.3, -0.25) is 9.59 Å². The van der Waals surface area contributed by atoms with Crippen molar-refractivity contribution in [3.05, 3.63) is 64.2 Å². The summed E-state index contributed by atoms with van der Waals surface area (Å²) in [5.74, 6) is 0.382. The number of piperidine rings is 1. The minimum atomic E-state index is -0.223. The molecule has 2 amide bonds. The number of carbonyl (C=O) groups excluding carboxylic acids is 2. The molecule has 3 rings (SSSR count). The van der Waals surface area contributed by atoms with E-state index in [1.54, 1.807) is 25.1 Å². The van der Waals surface area contributed by atoms with Crippen LogP contribution in [-0.4, -0.2) is 35.9 Å². The van der Waals surface area contributed by atoms with Crippen LogP contribution in [0.15, 0.2) is 42.5 Å². The van der Waals surface area contributed by atoms with E-state index in [0.29, 0.717) is 36.0 Å². The molecule has 6 heteroatoms. The maximum Gasteiger partial charge on any atom is 0.255 e. The number of carbonyl (C=O) groups is 2. The van der Waals surface area contributed by atoms with Gasteiger partial charge in [-0.2, -0.15) is 0 Å². The van der Waals surface area contributed by atoms with Crippen molar-refractivity contribution in [2.24, 2.45) is 0 Å². The Balaban J connectivity index is 1.65. The number of nitrogens with zero attached hydrogens (tertiary/aromatic N) is 1. The number of halogens is 1. The summed E-state index contributed by atoms with van der Waals surface area (Å²) in [4.78, 5) is 26.0. The van der Waals surface area contributed by atoms with Crippen LogP contribution in [0.5, 0.6) is 5.75 Å². The second-order valence-corrected chi connectivity index (χ2v) is 7.57. The first-order chi connectivity index (χ1) is 13.4. The van der Waals surface area contributed by atoms with Gasteiger partial charge in [0.25, 0.3) is 5.91 Å². The highest BCUT2D eigenvalue weighted by atomic mass is 35.5. The number of amides is 2. The molecule has 0 saturated carbocycles. The summed E-state index contributed by atoms with van der Waals surface area (Å²) >= 11 is 6.11. The van der Waals surface area contributed by atoms with Crippen LogP contribution in [-0.2, 0) is 11.3 Å². The lowest BCUT2D eigenvalue weighted by Gasteiger charge is -2.31. The molecule has 0 aromatic heterocycles. The van der Waals surface area contributed by atoms with E-state index < -0.39 is 0 Å². The summed E-state index contributed by atoms with van der Waals surface area (Å²) in [6, 6.07) is 13.1. The number of hydrogen-bond donors (Lipinski definition) is 1. The Bertz CT molecular complexity index is 843. The maximum absolute atomic E-state index is 12.7. The Kier molecular flexibility index (Phi) is 6.57. The Labute approximate surface area is 170 Å². The molecule has 5 nitrogen and oxygen atoms in total. The summed E-state index contributed by atoms with van der Waals surface area (Å²) in [6.45, 7) is 5.38. The summed E-state index contributed by atoms with van der Waals surface area (Å²) < 4.78 is 6.10. The zero-order valence-corrected chi connectivity index (χ0v) is 17.0. The van der Waals surface area contributed by atoms with Crippen molar-refractivity contribution in [2.45, 2.75) is 39.3 Å². The molecule has 1 saturated heterocycles. The van der Waals surface area contributed by atoms with Gasteiger partial charge in [0.1, 0.15) is 11.9 Å². The standard InChI is InChI=1S/C22H25ClN2O3/c1-15-3-5-17(6-4-15)14-24-22(27)20-13-18(23)7-8-21(20)28-19-9-11-25(12-10-19)16(2)26/h3-8,13,19H,9-12,14H2,1-2H3,(H,24,27). The van der Waals surface area contributed by atoms with Gasteiger partial charge >= 0.3 is 0 Å². The molecule has 0 atom stereocenters. The van der Waals surface area contributed by atoms with Crippen LogP contribution in [0.3, 0.4) is 0 Å². The quantitative estimate of drug-likeness (QED) is 0.826. The SMILES string of the molecule is CC(=O)N1CCC(Oc2ccc(Cl)cc2C(=O)NCc2ccc(C)cc2)CC1. The summed E-state index contributed by atoms with van der Waals surface area (Å²) in [6.07, 6.45) is 1.46. The Morgan fingerprint density at radius 1 is 1.14 bits per heavy atom. The number of benzene rings is 2. The van der Waals surface area contributed by atoms with Crippen molar-refractivity contribution < 1.29 is 14.3 Å². The van der Waals surface area contributed by atoms with E-state index in [9.17, 15) is 9.59 Å². The van der Waals surface area contributed by atoms with E-state index in [-0.39, 0.29) is 17.9 Å². The third kappa shape index (κ3) is 5.26. The highest BCUT2D eigenvalue weighted by Crippen LogP contribution is 2.26. The molecular formula is C22H25ClN2O3. The van der Waals surface area contributed by atoms with Crippen LogP contribution in [0.1, 0.15) is 41.3 Å². The van der Waals surface area contributed by atoms with E-state index in [1.807, 2.05) is 36.1 Å². The smallest absolute Gasteiger partial charge is 0.255 e. The fourth-order valence-corrected chi connectivity index (χ4v) is 3.41. The number of ether oxygens (including phenoxy) is 1.